The van der Waals surface area contributed by atoms with Gasteiger partial charge in [0.15, 0.2) is 0 Å². The first kappa shape index (κ1) is 27.6. The van der Waals surface area contributed by atoms with Crippen molar-refractivity contribution >= 4 is 62.6 Å². The van der Waals surface area contributed by atoms with Crippen LogP contribution in [0.3, 0.4) is 0 Å². The number of methoxy groups -OCH3 is 1. The number of benzene rings is 2. The van der Waals surface area contributed by atoms with E-state index >= 15 is 0 Å². The number of nitrogens with one attached hydrogen (secondary N) is 1. The lowest BCUT2D eigenvalue weighted by Crippen LogP contribution is -2.41. The number of rotatable bonds is 6. The van der Waals surface area contributed by atoms with Crippen molar-refractivity contribution in [2.75, 3.05) is 12.4 Å². The minimum atomic E-state index is -3.91. The van der Waals surface area contributed by atoms with Crippen molar-refractivity contribution in [2.24, 2.45) is 16.8 Å². The van der Waals surface area contributed by atoms with Crippen LogP contribution in [0.4, 0.5) is 10.5 Å². The van der Waals surface area contributed by atoms with Crippen molar-refractivity contribution < 1.29 is 32.3 Å². The van der Waals surface area contributed by atoms with E-state index in [4.69, 9.17) is 15.6 Å². The van der Waals surface area contributed by atoms with E-state index in [2.05, 4.69) is 5.32 Å². The first-order valence-electron chi connectivity index (χ1n) is 11.5. The lowest BCUT2D eigenvalue weighted by molar-refractivity contribution is -0.135. The SMILES string of the molecule is COc1ccc([C@@H]2c3sc(=O)n(CC(=O)Nc4ccc(S(N)(=O)=O)cc4)c3SC3C(=O)N(C(N)=O)C(=O)C32)cc1. The molecule has 5 rings (SSSR count). The summed E-state index contributed by atoms with van der Waals surface area (Å²) < 4.78 is 29.3. The maximum absolute atomic E-state index is 13.2. The molecule has 1 fully saturated rings. The molecule has 0 spiro atoms. The maximum Gasteiger partial charge on any atom is 0.328 e. The van der Waals surface area contributed by atoms with Gasteiger partial charge in [0.2, 0.25) is 21.8 Å². The quantitative estimate of drug-likeness (QED) is 0.342. The van der Waals surface area contributed by atoms with E-state index in [1.54, 1.807) is 24.3 Å². The summed E-state index contributed by atoms with van der Waals surface area (Å²) in [5.41, 5.74) is 6.21. The number of thiazole rings is 1. The van der Waals surface area contributed by atoms with Gasteiger partial charge in [0.25, 0.3) is 5.91 Å². The zero-order valence-corrected chi connectivity index (χ0v) is 23.0. The van der Waals surface area contributed by atoms with Crippen molar-refractivity contribution in [1.82, 2.24) is 9.47 Å². The molecular weight excluding hydrogens is 582 g/mol. The number of hydrogen-bond donors (Lipinski definition) is 3. The highest BCUT2D eigenvalue weighted by molar-refractivity contribution is 8.00. The smallest absolute Gasteiger partial charge is 0.328 e. The number of fused-ring (bicyclic) bond motifs is 2. The van der Waals surface area contributed by atoms with Crippen molar-refractivity contribution in [1.29, 1.82) is 0 Å². The number of carbonyl (C=O) groups is 4. The average molecular weight is 604 g/mol. The molecule has 0 radical (unpaired) electrons. The van der Waals surface area contributed by atoms with E-state index < -0.39 is 62.3 Å². The maximum atomic E-state index is 13.2. The van der Waals surface area contributed by atoms with E-state index in [1.165, 1.54) is 35.9 Å². The Balaban J connectivity index is 1.51. The zero-order chi connectivity index (χ0) is 28.9. The summed E-state index contributed by atoms with van der Waals surface area (Å²) >= 11 is 1.78. The van der Waals surface area contributed by atoms with Gasteiger partial charge in [0.05, 0.1) is 22.9 Å². The van der Waals surface area contributed by atoms with Crippen molar-refractivity contribution in [3.8, 4) is 5.75 Å². The number of primary amides is 1. The third kappa shape index (κ3) is 4.78. The normalized spacial score (nSPS) is 20.1. The summed E-state index contributed by atoms with van der Waals surface area (Å²) in [6, 6.07) is 10.7. The van der Waals surface area contributed by atoms with Crippen LogP contribution in [0.5, 0.6) is 5.75 Å². The van der Waals surface area contributed by atoms with Crippen LogP contribution < -0.4 is 25.8 Å². The van der Waals surface area contributed by atoms with E-state index in [0.29, 0.717) is 26.1 Å². The molecule has 16 heteroatoms. The van der Waals surface area contributed by atoms with Crippen molar-refractivity contribution in [3.63, 3.8) is 0 Å². The molecular formula is C24H21N5O8S3. The highest BCUT2D eigenvalue weighted by atomic mass is 32.2. The minimum absolute atomic E-state index is 0.134. The second-order valence-corrected chi connectivity index (χ2v) is 12.6. The molecule has 2 aliphatic heterocycles. The van der Waals surface area contributed by atoms with Gasteiger partial charge in [-0.1, -0.05) is 35.2 Å². The van der Waals surface area contributed by atoms with E-state index in [9.17, 15) is 32.4 Å². The summed E-state index contributed by atoms with van der Waals surface area (Å²) in [5, 5.41) is 6.96. The molecule has 0 bridgehead atoms. The number of amides is 5. The van der Waals surface area contributed by atoms with Gasteiger partial charge in [-0.15, -0.1) is 0 Å². The topological polar surface area (TPSA) is 201 Å². The Kier molecular flexibility index (Phi) is 7.03. The Morgan fingerprint density at radius 2 is 1.68 bits per heavy atom. The Morgan fingerprint density at radius 1 is 1.02 bits per heavy atom. The number of sulfonamides is 1. The number of imide groups is 3. The molecule has 208 valence electrons. The largest absolute Gasteiger partial charge is 0.497 e. The standard InChI is InChI=1S/C24H21N5O8S3/c1-37-13-6-2-11(3-7-13)16-17-18(21(32)29(20(17)31)23(25)33)38-22-19(16)39-24(34)28(22)10-15(30)27-12-4-8-14(9-5-12)40(26,35)36/h2-9,16-18H,10H2,1H3,(H2,25,33)(H,27,30)(H2,26,35,36)/t16-,17?,18?/m0/s1. The summed E-state index contributed by atoms with van der Waals surface area (Å²) in [6.45, 7) is -0.428. The van der Waals surface area contributed by atoms with Gasteiger partial charge in [-0.2, -0.15) is 4.90 Å². The molecule has 2 unspecified atom stereocenters. The molecule has 1 saturated heterocycles. The van der Waals surface area contributed by atoms with Crippen LogP contribution in [0.25, 0.3) is 0 Å². The second-order valence-electron chi connectivity index (χ2n) is 8.91. The first-order chi connectivity index (χ1) is 18.9. The summed E-state index contributed by atoms with van der Waals surface area (Å²) in [7, 11) is -2.42. The zero-order valence-electron chi connectivity index (χ0n) is 20.6. The predicted octanol–water partition coefficient (Wildman–Crippen LogP) is 0.874. The molecule has 0 saturated carbocycles. The number of urea groups is 1. The first-order valence-corrected chi connectivity index (χ1v) is 14.8. The highest BCUT2D eigenvalue weighted by Gasteiger charge is 2.57. The number of ether oxygens (including phenoxy) is 1. The highest BCUT2D eigenvalue weighted by Crippen LogP contribution is 2.53. The Bertz CT molecular complexity index is 1710. The molecule has 3 atom stereocenters. The lowest BCUT2D eigenvalue weighted by Gasteiger charge is -2.30. The van der Waals surface area contributed by atoms with Gasteiger partial charge in [-0.05, 0) is 42.0 Å². The fourth-order valence-corrected chi connectivity index (χ4v) is 8.00. The third-order valence-corrected chi connectivity index (χ3v) is 10.0. The van der Waals surface area contributed by atoms with Gasteiger partial charge in [0, 0.05) is 16.5 Å². The molecule has 5 N–H and O–H groups in total. The number of thioether (sulfide) groups is 1. The van der Waals surface area contributed by atoms with Crippen molar-refractivity contribution in [2.45, 2.75) is 27.6 Å². The number of aromatic nitrogens is 1. The number of primary sulfonamides is 1. The van der Waals surface area contributed by atoms with Crippen LogP contribution in [0.1, 0.15) is 16.4 Å². The van der Waals surface area contributed by atoms with Crippen LogP contribution in [0, 0.1) is 5.92 Å². The van der Waals surface area contributed by atoms with Gasteiger partial charge >= 0.3 is 10.9 Å². The molecule has 5 amide bonds. The minimum Gasteiger partial charge on any atom is -0.497 e. The monoisotopic (exact) mass is 603 g/mol. The number of anilines is 1. The molecule has 3 heterocycles. The molecule has 40 heavy (non-hydrogen) atoms. The number of carbonyl (C=O) groups excluding carboxylic acids is 4. The Labute approximate surface area is 235 Å². The summed E-state index contributed by atoms with van der Waals surface area (Å²) in [5.74, 6) is -3.35. The van der Waals surface area contributed by atoms with Gasteiger partial charge < -0.3 is 15.8 Å². The number of likely N-dealkylation sites (tertiary alicyclic amines) is 1. The summed E-state index contributed by atoms with van der Waals surface area (Å²) in [6.07, 6.45) is 0. The number of nitrogens with zero attached hydrogens (tertiary/aromatic N) is 2. The third-order valence-electron chi connectivity index (χ3n) is 6.51. The Hall–Kier alpha value is -3.99. The average Bonchev–Trinajstić information content (AvgIpc) is 3.34. The van der Waals surface area contributed by atoms with Gasteiger partial charge in [0.1, 0.15) is 17.5 Å². The fourth-order valence-electron chi connectivity index (χ4n) is 4.71. The van der Waals surface area contributed by atoms with Crippen LogP contribution in [0.2, 0.25) is 0 Å². The molecule has 3 aromatic rings. The second kappa shape index (κ2) is 10.2. The van der Waals surface area contributed by atoms with Crippen LogP contribution in [-0.2, 0) is 31.0 Å². The number of hydrogen-bond acceptors (Lipinski definition) is 10. The summed E-state index contributed by atoms with van der Waals surface area (Å²) in [4.78, 5) is 64.6. The molecule has 2 aliphatic rings. The number of nitrogens with two attached hydrogens (primary N) is 2. The van der Waals surface area contributed by atoms with Crippen LogP contribution >= 0.6 is 23.1 Å². The van der Waals surface area contributed by atoms with Gasteiger partial charge in [-0.25, -0.2) is 18.4 Å². The van der Waals surface area contributed by atoms with E-state index in [0.717, 1.165) is 23.1 Å². The lowest BCUT2D eigenvalue weighted by atomic mass is 9.83. The van der Waals surface area contributed by atoms with Crippen molar-refractivity contribution in [3.05, 3.63) is 68.6 Å². The molecule has 0 aliphatic carbocycles. The van der Waals surface area contributed by atoms with Crippen LogP contribution in [0.15, 0.2) is 63.2 Å². The molecule has 13 nitrogen and oxygen atoms in total. The van der Waals surface area contributed by atoms with Crippen LogP contribution in [-0.4, -0.2) is 54.0 Å². The van der Waals surface area contributed by atoms with E-state index in [1.807, 2.05) is 0 Å². The molecule has 2 aromatic carbocycles. The van der Waals surface area contributed by atoms with E-state index in [-0.39, 0.29) is 10.6 Å². The molecule has 1 aromatic heterocycles. The fraction of sp³-hybridized carbons (Fsp3) is 0.208. The predicted molar refractivity (Wildman–Crippen MR) is 144 cm³/mol. The van der Waals surface area contributed by atoms with Gasteiger partial charge in [-0.3, -0.25) is 23.7 Å². The Morgan fingerprint density at radius 3 is 2.25 bits per heavy atom.